The van der Waals surface area contributed by atoms with Gasteiger partial charge in [0.15, 0.2) is 17.3 Å². The number of hydrogen-bond acceptors (Lipinski definition) is 5. The van der Waals surface area contributed by atoms with E-state index in [1.54, 1.807) is 12.1 Å². The molecule has 0 aliphatic rings. The van der Waals surface area contributed by atoms with E-state index in [9.17, 15) is 18.8 Å². The quantitative estimate of drug-likeness (QED) is 0.497. The van der Waals surface area contributed by atoms with Crippen LogP contribution in [0, 0.1) is 5.82 Å². The number of carbonyl (C=O) groups excluding carboxylic acids is 3. The summed E-state index contributed by atoms with van der Waals surface area (Å²) in [6.07, 6.45) is 0.648. The first-order valence-electron chi connectivity index (χ1n) is 9.13. The number of ketones is 1. The standard InChI is InChI=1S/C21H23FN2O5/c1-3-12-29-18-10-6-15(13-19(18)28-2)21(27)24-23-20(26)11-9-17(25)14-4-7-16(22)8-5-14/h4-8,10,13H,3,9,11-12H2,1-2H3,(H,23,26)(H,24,27). The first-order chi connectivity index (χ1) is 13.9. The number of carbonyl (C=O) groups is 3. The number of Topliss-reactive ketones (excluding diaryl/α,β-unsaturated/α-hetero) is 1. The van der Waals surface area contributed by atoms with Crippen molar-refractivity contribution in [3.8, 4) is 11.5 Å². The molecule has 2 aromatic carbocycles. The van der Waals surface area contributed by atoms with Gasteiger partial charge < -0.3 is 9.47 Å². The summed E-state index contributed by atoms with van der Waals surface area (Å²) >= 11 is 0. The molecule has 154 valence electrons. The fourth-order valence-corrected chi connectivity index (χ4v) is 2.41. The number of hydrazine groups is 1. The van der Waals surface area contributed by atoms with Crippen LogP contribution in [0.3, 0.4) is 0 Å². The third kappa shape index (κ3) is 6.60. The van der Waals surface area contributed by atoms with Gasteiger partial charge in [-0.05, 0) is 48.9 Å². The van der Waals surface area contributed by atoms with Gasteiger partial charge in [0.1, 0.15) is 5.82 Å². The van der Waals surface area contributed by atoms with Gasteiger partial charge in [0, 0.05) is 24.0 Å². The maximum absolute atomic E-state index is 12.9. The van der Waals surface area contributed by atoms with Crippen molar-refractivity contribution in [1.82, 2.24) is 10.9 Å². The fourth-order valence-electron chi connectivity index (χ4n) is 2.41. The summed E-state index contributed by atoms with van der Waals surface area (Å²) in [5, 5.41) is 0. The van der Waals surface area contributed by atoms with E-state index in [1.165, 1.54) is 37.4 Å². The Bertz CT molecular complexity index is 868. The van der Waals surface area contributed by atoms with Gasteiger partial charge in [-0.3, -0.25) is 25.2 Å². The maximum atomic E-state index is 12.9. The normalized spacial score (nSPS) is 10.2. The lowest BCUT2D eigenvalue weighted by molar-refractivity contribution is -0.121. The second-order valence-electron chi connectivity index (χ2n) is 6.15. The lowest BCUT2D eigenvalue weighted by Gasteiger charge is -2.12. The second kappa shape index (κ2) is 10.8. The number of nitrogens with one attached hydrogen (secondary N) is 2. The summed E-state index contributed by atoms with van der Waals surface area (Å²) in [6, 6.07) is 9.75. The third-order valence-electron chi connectivity index (χ3n) is 3.95. The van der Waals surface area contributed by atoms with Crippen molar-refractivity contribution < 1.29 is 28.2 Å². The summed E-state index contributed by atoms with van der Waals surface area (Å²) in [5.74, 6) is -0.869. The maximum Gasteiger partial charge on any atom is 0.269 e. The van der Waals surface area contributed by atoms with Crippen LogP contribution in [0.25, 0.3) is 0 Å². The average Bonchev–Trinajstić information content (AvgIpc) is 2.74. The molecule has 2 amide bonds. The Balaban J connectivity index is 1.84. The highest BCUT2D eigenvalue weighted by molar-refractivity contribution is 5.99. The molecule has 0 fully saturated rings. The minimum Gasteiger partial charge on any atom is -0.493 e. The molecular weight excluding hydrogens is 379 g/mol. The molecule has 2 N–H and O–H groups in total. The van der Waals surface area contributed by atoms with E-state index in [4.69, 9.17) is 9.47 Å². The van der Waals surface area contributed by atoms with Crippen molar-refractivity contribution in [2.24, 2.45) is 0 Å². The molecule has 0 spiro atoms. The Morgan fingerprint density at radius 1 is 0.931 bits per heavy atom. The van der Waals surface area contributed by atoms with Crippen LogP contribution in [0.1, 0.15) is 46.9 Å². The highest BCUT2D eigenvalue weighted by Gasteiger charge is 2.13. The summed E-state index contributed by atoms with van der Waals surface area (Å²) in [6.45, 7) is 2.50. The number of methoxy groups -OCH3 is 1. The monoisotopic (exact) mass is 402 g/mol. The van der Waals surface area contributed by atoms with Crippen molar-refractivity contribution in [2.45, 2.75) is 26.2 Å². The molecule has 0 unspecified atom stereocenters. The summed E-state index contributed by atoms with van der Waals surface area (Å²) < 4.78 is 23.6. The number of benzene rings is 2. The van der Waals surface area contributed by atoms with E-state index < -0.39 is 17.6 Å². The van der Waals surface area contributed by atoms with Gasteiger partial charge in [-0.25, -0.2) is 4.39 Å². The van der Waals surface area contributed by atoms with Crippen LogP contribution in [-0.4, -0.2) is 31.3 Å². The van der Waals surface area contributed by atoms with Gasteiger partial charge in [0.2, 0.25) is 5.91 Å². The summed E-state index contributed by atoms with van der Waals surface area (Å²) in [4.78, 5) is 36.1. The second-order valence-corrected chi connectivity index (χ2v) is 6.15. The van der Waals surface area contributed by atoms with Crippen LogP contribution in [0.2, 0.25) is 0 Å². The highest BCUT2D eigenvalue weighted by atomic mass is 19.1. The van der Waals surface area contributed by atoms with Crippen LogP contribution < -0.4 is 20.3 Å². The number of amides is 2. The molecular formula is C21H23FN2O5. The molecule has 0 saturated heterocycles. The molecule has 7 nitrogen and oxygen atoms in total. The molecule has 0 atom stereocenters. The van der Waals surface area contributed by atoms with Crippen molar-refractivity contribution in [3.63, 3.8) is 0 Å². The zero-order valence-electron chi connectivity index (χ0n) is 16.3. The van der Waals surface area contributed by atoms with Crippen molar-refractivity contribution in [3.05, 3.63) is 59.4 Å². The van der Waals surface area contributed by atoms with Gasteiger partial charge in [0.25, 0.3) is 5.91 Å². The van der Waals surface area contributed by atoms with Gasteiger partial charge in [-0.15, -0.1) is 0 Å². The Hall–Kier alpha value is -3.42. The lowest BCUT2D eigenvalue weighted by atomic mass is 10.1. The Labute approximate surface area is 168 Å². The third-order valence-corrected chi connectivity index (χ3v) is 3.95. The van der Waals surface area contributed by atoms with Gasteiger partial charge >= 0.3 is 0 Å². The number of ether oxygens (including phenoxy) is 2. The van der Waals surface area contributed by atoms with Crippen LogP contribution in [0.15, 0.2) is 42.5 Å². The van der Waals surface area contributed by atoms with Gasteiger partial charge in [0.05, 0.1) is 13.7 Å². The smallest absolute Gasteiger partial charge is 0.269 e. The van der Waals surface area contributed by atoms with Gasteiger partial charge in [-0.2, -0.15) is 0 Å². The highest BCUT2D eigenvalue weighted by Crippen LogP contribution is 2.28. The zero-order chi connectivity index (χ0) is 21.2. The number of halogens is 1. The van der Waals surface area contributed by atoms with E-state index >= 15 is 0 Å². The zero-order valence-corrected chi connectivity index (χ0v) is 16.3. The molecule has 2 aromatic rings. The average molecular weight is 402 g/mol. The van der Waals surface area contributed by atoms with Crippen LogP contribution >= 0.6 is 0 Å². The van der Waals surface area contributed by atoms with E-state index in [-0.39, 0.29) is 24.2 Å². The first-order valence-corrected chi connectivity index (χ1v) is 9.13. The largest absolute Gasteiger partial charge is 0.493 e. The van der Waals surface area contributed by atoms with Crippen LogP contribution in [-0.2, 0) is 4.79 Å². The lowest BCUT2D eigenvalue weighted by Crippen LogP contribution is -2.41. The minimum atomic E-state index is -0.538. The number of hydrogen-bond donors (Lipinski definition) is 2. The van der Waals surface area contributed by atoms with Crippen molar-refractivity contribution in [2.75, 3.05) is 13.7 Å². The topological polar surface area (TPSA) is 93.7 Å². The van der Waals surface area contributed by atoms with E-state index in [1.807, 2.05) is 6.92 Å². The molecule has 0 aliphatic carbocycles. The summed E-state index contributed by atoms with van der Waals surface area (Å²) in [7, 11) is 1.47. The van der Waals surface area contributed by atoms with E-state index in [0.29, 0.717) is 23.7 Å². The van der Waals surface area contributed by atoms with Crippen molar-refractivity contribution >= 4 is 17.6 Å². The molecule has 0 bridgehead atoms. The fraction of sp³-hybridized carbons (Fsp3) is 0.286. The Morgan fingerprint density at radius 3 is 2.28 bits per heavy atom. The molecule has 0 heterocycles. The van der Waals surface area contributed by atoms with Crippen LogP contribution in [0.5, 0.6) is 11.5 Å². The molecule has 29 heavy (non-hydrogen) atoms. The van der Waals surface area contributed by atoms with Crippen molar-refractivity contribution in [1.29, 1.82) is 0 Å². The molecule has 8 heteroatoms. The molecule has 0 aromatic heterocycles. The van der Waals surface area contributed by atoms with E-state index in [2.05, 4.69) is 10.9 Å². The molecule has 0 aliphatic heterocycles. The van der Waals surface area contributed by atoms with Crippen LogP contribution in [0.4, 0.5) is 4.39 Å². The minimum absolute atomic E-state index is 0.0649. The first kappa shape index (κ1) is 21.9. The Morgan fingerprint density at radius 2 is 1.62 bits per heavy atom. The number of rotatable bonds is 9. The molecule has 2 rings (SSSR count). The van der Waals surface area contributed by atoms with Gasteiger partial charge in [-0.1, -0.05) is 6.92 Å². The molecule has 0 radical (unpaired) electrons. The SMILES string of the molecule is CCCOc1ccc(C(=O)NNC(=O)CCC(=O)c2ccc(F)cc2)cc1OC. The Kier molecular flexibility index (Phi) is 8.14. The van der Waals surface area contributed by atoms with E-state index in [0.717, 1.165) is 6.42 Å². The predicted molar refractivity (Wildman–Crippen MR) is 104 cm³/mol. The molecule has 0 saturated carbocycles. The predicted octanol–water partition coefficient (Wildman–Crippen LogP) is 3.05. The summed E-state index contributed by atoms with van der Waals surface area (Å²) in [5.41, 5.74) is 5.14.